The Kier molecular flexibility index (Phi) is 3.53. The van der Waals surface area contributed by atoms with Crippen LogP contribution in [0.5, 0.6) is 0 Å². The van der Waals surface area contributed by atoms with Crippen LogP contribution in [0.3, 0.4) is 0 Å². The summed E-state index contributed by atoms with van der Waals surface area (Å²) in [7, 11) is 0. The number of hydrogen-bond donors (Lipinski definition) is 1. The molecule has 0 amide bonds. The number of benzene rings is 1. The molecular formula is C11H14ClNO. The fourth-order valence-corrected chi connectivity index (χ4v) is 1.53. The first-order chi connectivity index (χ1) is 6.50. The molecule has 0 saturated heterocycles. The lowest BCUT2D eigenvalue weighted by Crippen LogP contribution is -2.04. The van der Waals surface area contributed by atoms with Gasteiger partial charge < -0.3 is 5.73 Å². The molecule has 1 rings (SSSR count). The van der Waals surface area contributed by atoms with Crippen molar-refractivity contribution >= 4 is 23.1 Å². The molecule has 14 heavy (non-hydrogen) atoms. The van der Waals surface area contributed by atoms with Crippen LogP contribution >= 0.6 is 11.6 Å². The van der Waals surface area contributed by atoms with E-state index in [0.29, 0.717) is 28.6 Å². The van der Waals surface area contributed by atoms with Crippen molar-refractivity contribution < 1.29 is 4.79 Å². The third-order valence-corrected chi connectivity index (χ3v) is 2.20. The molecule has 0 aromatic heterocycles. The number of ketones is 1. The summed E-state index contributed by atoms with van der Waals surface area (Å²) in [4.78, 5) is 11.7. The minimum absolute atomic E-state index is 0.0741. The SMILES string of the molecule is CC(C)CC(=O)c1ccc(N)cc1Cl. The molecule has 0 heterocycles. The molecule has 2 nitrogen and oxygen atoms in total. The summed E-state index contributed by atoms with van der Waals surface area (Å²) in [5, 5.41) is 0.440. The number of Topliss-reactive ketones (excluding diaryl/α,β-unsaturated/α-hetero) is 1. The minimum atomic E-state index is 0.0741. The van der Waals surface area contributed by atoms with Crippen LogP contribution < -0.4 is 5.73 Å². The molecule has 2 N–H and O–H groups in total. The molecule has 0 aliphatic carbocycles. The van der Waals surface area contributed by atoms with Gasteiger partial charge >= 0.3 is 0 Å². The first-order valence-corrected chi connectivity index (χ1v) is 4.96. The van der Waals surface area contributed by atoms with E-state index in [-0.39, 0.29) is 5.78 Å². The predicted octanol–water partition coefficient (Wildman–Crippen LogP) is 3.15. The summed E-state index contributed by atoms with van der Waals surface area (Å²) in [5.74, 6) is 0.418. The van der Waals surface area contributed by atoms with Crippen molar-refractivity contribution in [2.45, 2.75) is 20.3 Å². The van der Waals surface area contributed by atoms with E-state index in [4.69, 9.17) is 17.3 Å². The summed E-state index contributed by atoms with van der Waals surface area (Å²) < 4.78 is 0. The summed E-state index contributed by atoms with van der Waals surface area (Å²) in [5.41, 5.74) is 6.68. The maximum absolute atomic E-state index is 11.7. The van der Waals surface area contributed by atoms with Gasteiger partial charge in [-0.05, 0) is 24.1 Å². The van der Waals surface area contributed by atoms with E-state index >= 15 is 0 Å². The van der Waals surface area contributed by atoms with Crippen LogP contribution in [0, 0.1) is 5.92 Å². The summed E-state index contributed by atoms with van der Waals surface area (Å²) >= 11 is 5.91. The first-order valence-electron chi connectivity index (χ1n) is 4.59. The smallest absolute Gasteiger partial charge is 0.164 e. The van der Waals surface area contributed by atoms with Gasteiger partial charge in [-0.15, -0.1) is 0 Å². The number of carbonyl (C=O) groups excluding carboxylic acids is 1. The maximum atomic E-state index is 11.7. The average Bonchev–Trinajstić information content (AvgIpc) is 2.01. The van der Waals surface area contributed by atoms with Gasteiger partial charge in [0.2, 0.25) is 0 Å². The van der Waals surface area contributed by atoms with Gasteiger partial charge in [0.25, 0.3) is 0 Å². The quantitative estimate of drug-likeness (QED) is 0.617. The number of rotatable bonds is 3. The molecule has 0 aliphatic heterocycles. The Morgan fingerprint density at radius 3 is 2.64 bits per heavy atom. The molecule has 0 spiro atoms. The fourth-order valence-electron chi connectivity index (χ4n) is 1.24. The summed E-state index contributed by atoms with van der Waals surface area (Å²) in [6.45, 7) is 4.01. The fraction of sp³-hybridized carbons (Fsp3) is 0.364. The number of anilines is 1. The Labute approximate surface area is 89.1 Å². The Morgan fingerprint density at radius 2 is 2.14 bits per heavy atom. The molecule has 0 saturated carbocycles. The number of carbonyl (C=O) groups is 1. The van der Waals surface area contributed by atoms with Gasteiger partial charge in [0.05, 0.1) is 5.02 Å². The topological polar surface area (TPSA) is 43.1 Å². The lowest BCUT2D eigenvalue weighted by Gasteiger charge is -2.06. The van der Waals surface area contributed by atoms with Crippen molar-refractivity contribution in [2.24, 2.45) is 5.92 Å². The second kappa shape index (κ2) is 4.47. The zero-order chi connectivity index (χ0) is 10.7. The molecule has 0 fully saturated rings. The van der Waals surface area contributed by atoms with Crippen LogP contribution in [0.2, 0.25) is 5.02 Å². The molecule has 0 aliphatic rings. The average molecular weight is 212 g/mol. The van der Waals surface area contributed by atoms with Gasteiger partial charge in [0, 0.05) is 17.7 Å². The summed E-state index contributed by atoms with van der Waals surface area (Å²) in [6, 6.07) is 4.98. The Morgan fingerprint density at radius 1 is 1.50 bits per heavy atom. The van der Waals surface area contributed by atoms with Gasteiger partial charge in [-0.3, -0.25) is 4.79 Å². The van der Waals surface area contributed by atoms with E-state index in [1.807, 2.05) is 13.8 Å². The molecule has 0 radical (unpaired) electrons. The van der Waals surface area contributed by atoms with Crippen LogP contribution in [-0.4, -0.2) is 5.78 Å². The Bertz CT molecular complexity index is 347. The lowest BCUT2D eigenvalue weighted by molar-refractivity contribution is 0.0968. The van der Waals surface area contributed by atoms with E-state index in [0.717, 1.165) is 0 Å². The highest BCUT2D eigenvalue weighted by Gasteiger charge is 2.11. The number of nitrogen functional groups attached to an aromatic ring is 1. The molecular weight excluding hydrogens is 198 g/mol. The van der Waals surface area contributed by atoms with Gasteiger partial charge in [-0.25, -0.2) is 0 Å². The van der Waals surface area contributed by atoms with Gasteiger partial charge in [-0.2, -0.15) is 0 Å². The zero-order valence-corrected chi connectivity index (χ0v) is 9.14. The molecule has 0 atom stereocenters. The van der Waals surface area contributed by atoms with Crippen molar-refractivity contribution in [3.63, 3.8) is 0 Å². The van der Waals surface area contributed by atoms with Crippen LogP contribution in [0.25, 0.3) is 0 Å². The van der Waals surface area contributed by atoms with Crippen LogP contribution in [0.1, 0.15) is 30.6 Å². The second-order valence-corrected chi connectivity index (χ2v) is 4.17. The third-order valence-electron chi connectivity index (χ3n) is 1.89. The Hall–Kier alpha value is -1.02. The molecule has 76 valence electrons. The highest BCUT2D eigenvalue weighted by molar-refractivity contribution is 6.34. The van der Waals surface area contributed by atoms with Crippen molar-refractivity contribution in [1.82, 2.24) is 0 Å². The van der Waals surface area contributed by atoms with Crippen molar-refractivity contribution in [2.75, 3.05) is 5.73 Å². The number of nitrogens with two attached hydrogens (primary N) is 1. The maximum Gasteiger partial charge on any atom is 0.164 e. The van der Waals surface area contributed by atoms with Gasteiger partial charge in [-0.1, -0.05) is 25.4 Å². The normalized spacial score (nSPS) is 10.6. The van der Waals surface area contributed by atoms with Crippen molar-refractivity contribution in [3.8, 4) is 0 Å². The van der Waals surface area contributed by atoms with Crippen molar-refractivity contribution in [3.05, 3.63) is 28.8 Å². The minimum Gasteiger partial charge on any atom is -0.399 e. The molecule has 0 bridgehead atoms. The number of halogens is 1. The highest BCUT2D eigenvalue weighted by Crippen LogP contribution is 2.21. The van der Waals surface area contributed by atoms with E-state index < -0.39 is 0 Å². The number of hydrogen-bond acceptors (Lipinski definition) is 2. The van der Waals surface area contributed by atoms with Crippen LogP contribution in [0.15, 0.2) is 18.2 Å². The van der Waals surface area contributed by atoms with E-state index in [2.05, 4.69) is 0 Å². The Balaban J connectivity index is 2.90. The zero-order valence-electron chi connectivity index (χ0n) is 8.38. The highest BCUT2D eigenvalue weighted by atomic mass is 35.5. The molecule has 3 heteroatoms. The van der Waals surface area contributed by atoms with Gasteiger partial charge in [0.1, 0.15) is 0 Å². The first kappa shape index (κ1) is 11.1. The predicted molar refractivity (Wildman–Crippen MR) is 59.6 cm³/mol. The van der Waals surface area contributed by atoms with Crippen LogP contribution in [-0.2, 0) is 0 Å². The molecule has 1 aromatic rings. The monoisotopic (exact) mass is 211 g/mol. The summed E-state index contributed by atoms with van der Waals surface area (Å²) in [6.07, 6.45) is 0.517. The standard InChI is InChI=1S/C11H14ClNO/c1-7(2)5-11(14)9-4-3-8(13)6-10(9)12/h3-4,6-7H,5,13H2,1-2H3. The van der Waals surface area contributed by atoms with E-state index in [1.165, 1.54) is 0 Å². The van der Waals surface area contributed by atoms with E-state index in [9.17, 15) is 4.79 Å². The molecule has 0 unspecified atom stereocenters. The van der Waals surface area contributed by atoms with Crippen molar-refractivity contribution in [1.29, 1.82) is 0 Å². The van der Waals surface area contributed by atoms with Gasteiger partial charge in [0.15, 0.2) is 5.78 Å². The van der Waals surface area contributed by atoms with Crippen LogP contribution in [0.4, 0.5) is 5.69 Å². The lowest BCUT2D eigenvalue weighted by atomic mass is 10.0. The molecule has 1 aromatic carbocycles. The largest absolute Gasteiger partial charge is 0.399 e. The second-order valence-electron chi connectivity index (χ2n) is 3.76. The third kappa shape index (κ3) is 2.74. The van der Waals surface area contributed by atoms with E-state index in [1.54, 1.807) is 18.2 Å².